The molecule has 2 rings (SSSR count). The van der Waals surface area contributed by atoms with Crippen molar-refractivity contribution in [3.8, 4) is 0 Å². The van der Waals surface area contributed by atoms with E-state index in [0.717, 1.165) is 19.3 Å². The summed E-state index contributed by atoms with van der Waals surface area (Å²) in [5, 5.41) is 13.3. The van der Waals surface area contributed by atoms with Crippen LogP contribution in [0.1, 0.15) is 44.1 Å². The van der Waals surface area contributed by atoms with Gasteiger partial charge in [0.1, 0.15) is 17.2 Å². The molecule has 2 heterocycles. The van der Waals surface area contributed by atoms with Crippen LogP contribution in [0.5, 0.6) is 0 Å². The molecular weight excluding hydrogens is 280 g/mol. The summed E-state index contributed by atoms with van der Waals surface area (Å²) in [7, 11) is -3.42. The molecule has 1 aliphatic rings. The van der Waals surface area contributed by atoms with Gasteiger partial charge in [-0.15, -0.1) is 0 Å². The summed E-state index contributed by atoms with van der Waals surface area (Å²) in [4.78, 5) is 0. The van der Waals surface area contributed by atoms with Gasteiger partial charge in [0.05, 0.1) is 6.10 Å². The van der Waals surface area contributed by atoms with Crippen molar-refractivity contribution in [2.75, 3.05) is 6.54 Å². The lowest BCUT2D eigenvalue weighted by Crippen LogP contribution is -2.45. The molecule has 1 aromatic rings. The predicted octanol–water partition coefficient (Wildman–Crippen LogP) is 1.44. The average Bonchev–Trinajstić information content (AvgIpc) is 2.73. The third-order valence-corrected chi connectivity index (χ3v) is 5.41. The second-order valence-electron chi connectivity index (χ2n) is 5.53. The normalized spacial score (nSPS) is 22.9. The maximum atomic E-state index is 12.5. The number of rotatable bonds is 5. The van der Waals surface area contributed by atoms with Crippen molar-refractivity contribution >= 4 is 10.0 Å². The lowest BCUT2D eigenvalue weighted by Gasteiger charge is -2.35. The molecule has 1 aliphatic heterocycles. The number of sulfonamides is 1. The number of aromatic nitrogens is 1. The Hall–Kier alpha value is -0.920. The molecule has 1 fully saturated rings. The van der Waals surface area contributed by atoms with Crippen LogP contribution in [0.4, 0.5) is 0 Å². The zero-order valence-electron chi connectivity index (χ0n) is 11.9. The van der Waals surface area contributed by atoms with Gasteiger partial charge in [0.25, 0.3) is 0 Å². The standard InChI is InChI=1S/C13H22N2O4S/c1-10(16)7-13-5-3-4-6-15(13)20(17,18)9-12-8-11(2)19-14-12/h8,10,13,16H,3-7,9H2,1-2H3. The van der Waals surface area contributed by atoms with Gasteiger partial charge in [-0.25, -0.2) is 8.42 Å². The van der Waals surface area contributed by atoms with Crippen molar-refractivity contribution in [2.24, 2.45) is 0 Å². The van der Waals surface area contributed by atoms with Gasteiger partial charge < -0.3 is 9.63 Å². The van der Waals surface area contributed by atoms with Crippen LogP contribution in [0.2, 0.25) is 0 Å². The molecule has 0 amide bonds. The fourth-order valence-electron chi connectivity index (χ4n) is 2.73. The molecule has 0 aromatic carbocycles. The number of aliphatic hydroxyl groups excluding tert-OH is 1. The average molecular weight is 302 g/mol. The number of aliphatic hydroxyl groups is 1. The van der Waals surface area contributed by atoms with Crippen molar-refractivity contribution in [3.63, 3.8) is 0 Å². The first kappa shape index (κ1) is 15.5. The van der Waals surface area contributed by atoms with Crippen molar-refractivity contribution in [2.45, 2.75) is 57.4 Å². The van der Waals surface area contributed by atoms with E-state index in [9.17, 15) is 13.5 Å². The van der Waals surface area contributed by atoms with Crippen molar-refractivity contribution in [1.82, 2.24) is 9.46 Å². The van der Waals surface area contributed by atoms with Gasteiger partial charge in [-0.3, -0.25) is 0 Å². The molecule has 0 saturated carbocycles. The Morgan fingerprint density at radius 1 is 1.55 bits per heavy atom. The van der Waals surface area contributed by atoms with E-state index in [1.54, 1.807) is 19.9 Å². The zero-order chi connectivity index (χ0) is 14.8. The van der Waals surface area contributed by atoms with Crippen LogP contribution in [0, 0.1) is 6.92 Å². The quantitative estimate of drug-likeness (QED) is 0.889. The molecule has 0 radical (unpaired) electrons. The summed E-state index contributed by atoms with van der Waals surface area (Å²) in [5.74, 6) is 0.468. The van der Waals surface area contributed by atoms with Crippen LogP contribution in [0.3, 0.4) is 0 Å². The number of hydrogen-bond donors (Lipinski definition) is 1. The van der Waals surface area contributed by atoms with E-state index in [1.165, 1.54) is 4.31 Å². The van der Waals surface area contributed by atoms with E-state index in [0.29, 0.717) is 24.4 Å². The Morgan fingerprint density at radius 3 is 2.90 bits per heavy atom. The van der Waals surface area contributed by atoms with Gasteiger partial charge in [0.15, 0.2) is 0 Å². The maximum absolute atomic E-state index is 12.5. The highest BCUT2D eigenvalue weighted by atomic mass is 32.2. The van der Waals surface area contributed by atoms with Crippen molar-refractivity contribution < 1.29 is 18.0 Å². The summed E-state index contributed by atoms with van der Waals surface area (Å²) in [6.45, 7) is 3.96. The van der Waals surface area contributed by atoms with Gasteiger partial charge in [-0.05, 0) is 33.1 Å². The van der Waals surface area contributed by atoms with Gasteiger partial charge >= 0.3 is 0 Å². The Labute approximate surface area is 119 Å². The monoisotopic (exact) mass is 302 g/mol. The van der Waals surface area contributed by atoms with E-state index in [-0.39, 0.29) is 11.8 Å². The molecule has 1 saturated heterocycles. The second kappa shape index (κ2) is 6.24. The third kappa shape index (κ3) is 3.80. The topological polar surface area (TPSA) is 83.6 Å². The summed E-state index contributed by atoms with van der Waals surface area (Å²) in [6.07, 6.45) is 2.67. The van der Waals surface area contributed by atoms with Crippen molar-refractivity contribution in [3.05, 3.63) is 17.5 Å². The lowest BCUT2D eigenvalue weighted by atomic mass is 10.00. The number of aryl methyl sites for hydroxylation is 1. The van der Waals surface area contributed by atoms with E-state index in [1.807, 2.05) is 0 Å². The maximum Gasteiger partial charge on any atom is 0.220 e. The highest BCUT2D eigenvalue weighted by molar-refractivity contribution is 7.88. The van der Waals surface area contributed by atoms with Crippen molar-refractivity contribution in [1.29, 1.82) is 0 Å². The van der Waals surface area contributed by atoms with Crippen LogP contribution in [0.25, 0.3) is 0 Å². The molecule has 2 unspecified atom stereocenters. The van der Waals surface area contributed by atoms with Gasteiger partial charge in [-0.1, -0.05) is 11.6 Å². The first-order valence-electron chi connectivity index (χ1n) is 6.98. The number of piperidine rings is 1. The van der Waals surface area contributed by atoms with E-state index < -0.39 is 16.1 Å². The Bertz CT molecular complexity index is 538. The Morgan fingerprint density at radius 2 is 2.30 bits per heavy atom. The van der Waals surface area contributed by atoms with Crippen LogP contribution >= 0.6 is 0 Å². The summed E-state index contributed by atoms with van der Waals surface area (Å²) >= 11 is 0. The first-order chi connectivity index (χ1) is 9.38. The molecule has 1 N–H and O–H groups in total. The molecular formula is C13H22N2O4S. The highest BCUT2D eigenvalue weighted by Gasteiger charge is 2.33. The highest BCUT2D eigenvalue weighted by Crippen LogP contribution is 2.25. The molecule has 0 aliphatic carbocycles. The molecule has 1 aromatic heterocycles. The SMILES string of the molecule is Cc1cc(CS(=O)(=O)N2CCCCC2CC(C)O)no1. The molecule has 0 spiro atoms. The minimum absolute atomic E-state index is 0.109. The smallest absolute Gasteiger partial charge is 0.220 e. The van der Waals surface area contributed by atoms with E-state index in [2.05, 4.69) is 5.16 Å². The van der Waals surface area contributed by atoms with Crippen LogP contribution in [-0.2, 0) is 15.8 Å². The van der Waals surface area contributed by atoms with Crippen LogP contribution in [-0.4, -0.2) is 41.7 Å². The molecule has 114 valence electrons. The third-order valence-electron chi connectivity index (χ3n) is 3.55. The number of hydrogen-bond acceptors (Lipinski definition) is 5. The Kier molecular flexibility index (Phi) is 4.82. The van der Waals surface area contributed by atoms with Crippen LogP contribution < -0.4 is 0 Å². The summed E-state index contributed by atoms with van der Waals surface area (Å²) < 4.78 is 31.5. The minimum Gasteiger partial charge on any atom is -0.393 e. The van der Waals surface area contributed by atoms with Crippen LogP contribution in [0.15, 0.2) is 10.6 Å². The van der Waals surface area contributed by atoms with Gasteiger partial charge in [-0.2, -0.15) is 4.31 Å². The van der Waals surface area contributed by atoms with E-state index in [4.69, 9.17) is 4.52 Å². The largest absolute Gasteiger partial charge is 0.393 e. The predicted molar refractivity (Wildman–Crippen MR) is 74.5 cm³/mol. The van der Waals surface area contributed by atoms with Gasteiger partial charge in [0.2, 0.25) is 10.0 Å². The number of nitrogens with zero attached hydrogens (tertiary/aromatic N) is 2. The lowest BCUT2D eigenvalue weighted by molar-refractivity contribution is 0.131. The Balaban J connectivity index is 2.13. The van der Waals surface area contributed by atoms with E-state index >= 15 is 0 Å². The molecule has 0 bridgehead atoms. The molecule has 7 heteroatoms. The minimum atomic E-state index is -3.42. The fourth-order valence-corrected chi connectivity index (χ4v) is 4.45. The summed E-state index contributed by atoms with van der Waals surface area (Å²) in [5.41, 5.74) is 0.434. The fraction of sp³-hybridized carbons (Fsp3) is 0.769. The zero-order valence-corrected chi connectivity index (χ0v) is 12.8. The first-order valence-corrected chi connectivity index (χ1v) is 8.59. The molecule has 2 atom stereocenters. The van der Waals surface area contributed by atoms with Gasteiger partial charge in [0, 0.05) is 18.7 Å². The molecule has 20 heavy (non-hydrogen) atoms. The summed E-state index contributed by atoms with van der Waals surface area (Å²) in [6, 6.07) is 1.53. The molecule has 6 nitrogen and oxygen atoms in total. The second-order valence-corrected chi connectivity index (χ2v) is 7.45.